The number of nitrogens with one attached hydrogen (secondary N) is 1. The summed E-state index contributed by atoms with van der Waals surface area (Å²) >= 11 is 0. The van der Waals surface area contributed by atoms with Crippen LogP contribution in [0, 0.1) is 0 Å². The van der Waals surface area contributed by atoms with Gasteiger partial charge in [-0.2, -0.15) is 0 Å². The van der Waals surface area contributed by atoms with Crippen LogP contribution < -0.4 is 10.1 Å². The second-order valence-electron chi connectivity index (χ2n) is 5.46. The van der Waals surface area contributed by atoms with Gasteiger partial charge in [0.2, 0.25) is 5.91 Å². The summed E-state index contributed by atoms with van der Waals surface area (Å²) in [4.78, 5) is 14.0. The first-order chi connectivity index (χ1) is 10.1. The molecule has 1 amide bonds. The smallest absolute Gasteiger partial charge is 0.248 e. The summed E-state index contributed by atoms with van der Waals surface area (Å²) in [6, 6.07) is 8.06. The molecule has 116 valence electrons. The Morgan fingerprint density at radius 1 is 1.43 bits per heavy atom. The van der Waals surface area contributed by atoms with Crippen molar-refractivity contribution in [1.82, 2.24) is 10.2 Å². The van der Waals surface area contributed by atoms with E-state index < -0.39 is 6.10 Å². The number of carbonyl (C=O) groups is 1. The molecule has 5 nitrogen and oxygen atoms in total. The van der Waals surface area contributed by atoms with Crippen LogP contribution in [0.3, 0.4) is 0 Å². The van der Waals surface area contributed by atoms with Crippen LogP contribution in [0.1, 0.15) is 31.4 Å². The summed E-state index contributed by atoms with van der Waals surface area (Å²) < 4.78 is 5.29. The maximum Gasteiger partial charge on any atom is 0.248 e. The van der Waals surface area contributed by atoms with Gasteiger partial charge in [-0.25, -0.2) is 0 Å². The number of likely N-dealkylation sites (tertiary alicyclic amines) is 1. The van der Waals surface area contributed by atoms with E-state index in [0.29, 0.717) is 6.54 Å². The molecule has 1 fully saturated rings. The van der Waals surface area contributed by atoms with Crippen molar-refractivity contribution in [1.29, 1.82) is 0 Å². The topological polar surface area (TPSA) is 61.8 Å². The molecule has 0 aliphatic carbocycles. The molecule has 2 N–H and O–H groups in total. The van der Waals surface area contributed by atoms with Crippen molar-refractivity contribution in [3.05, 3.63) is 29.8 Å². The van der Waals surface area contributed by atoms with Gasteiger partial charge in [0.15, 0.2) is 0 Å². The number of aliphatic hydroxyl groups excluding tert-OH is 1. The van der Waals surface area contributed by atoms with E-state index in [-0.39, 0.29) is 11.9 Å². The molecule has 0 aromatic heterocycles. The number of ether oxygens (including phenoxy) is 1. The van der Waals surface area contributed by atoms with Crippen molar-refractivity contribution < 1.29 is 14.6 Å². The van der Waals surface area contributed by atoms with Crippen molar-refractivity contribution in [2.45, 2.75) is 31.9 Å². The lowest BCUT2D eigenvalue weighted by Gasteiger charge is -2.28. The predicted molar refractivity (Wildman–Crippen MR) is 81.2 cm³/mol. The van der Waals surface area contributed by atoms with Crippen LogP contribution >= 0.6 is 0 Å². The molecule has 1 heterocycles. The van der Waals surface area contributed by atoms with Gasteiger partial charge in [0, 0.05) is 6.54 Å². The van der Waals surface area contributed by atoms with Gasteiger partial charge < -0.3 is 15.2 Å². The first-order valence-corrected chi connectivity index (χ1v) is 7.45. The summed E-state index contributed by atoms with van der Waals surface area (Å²) in [6.45, 7) is 4.04. The monoisotopic (exact) mass is 292 g/mol. The fourth-order valence-electron chi connectivity index (χ4n) is 2.70. The highest BCUT2D eigenvalue weighted by Gasteiger charge is 2.24. The largest absolute Gasteiger partial charge is 0.497 e. The molecule has 1 aliphatic heterocycles. The van der Waals surface area contributed by atoms with Crippen LogP contribution in [0.15, 0.2) is 24.3 Å². The van der Waals surface area contributed by atoms with E-state index in [2.05, 4.69) is 16.3 Å². The van der Waals surface area contributed by atoms with Gasteiger partial charge in [-0.3, -0.25) is 9.69 Å². The normalized spacial score (nSPS) is 18.2. The van der Waals surface area contributed by atoms with Crippen LogP contribution in [0.4, 0.5) is 0 Å². The Morgan fingerprint density at radius 3 is 2.76 bits per heavy atom. The summed E-state index contributed by atoms with van der Waals surface area (Å²) in [7, 11) is 1.65. The molecule has 5 heteroatoms. The zero-order chi connectivity index (χ0) is 15.2. The van der Waals surface area contributed by atoms with Gasteiger partial charge in [-0.15, -0.1) is 0 Å². The van der Waals surface area contributed by atoms with Gasteiger partial charge >= 0.3 is 0 Å². The molecule has 0 spiro atoms. The van der Waals surface area contributed by atoms with Crippen molar-refractivity contribution >= 4 is 5.91 Å². The van der Waals surface area contributed by atoms with Gasteiger partial charge in [-0.1, -0.05) is 12.1 Å². The number of carbonyl (C=O) groups excluding carboxylic acids is 1. The van der Waals surface area contributed by atoms with Gasteiger partial charge in [0.1, 0.15) is 11.9 Å². The zero-order valence-electron chi connectivity index (χ0n) is 12.7. The first kappa shape index (κ1) is 15.8. The van der Waals surface area contributed by atoms with Crippen LogP contribution in [0.25, 0.3) is 0 Å². The van der Waals surface area contributed by atoms with E-state index >= 15 is 0 Å². The van der Waals surface area contributed by atoms with Crippen molar-refractivity contribution in [2.24, 2.45) is 0 Å². The highest BCUT2D eigenvalue weighted by atomic mass is 16.5. The van der Waals surface area contributed by atoms with Crippen molar-refractivity contribution in [2.75, 3.05) is 26.7 Å². The Labute approximate surface area is 125 Å². The van der Waals surface area contributed by atoms with E-state index in [0.717, 1.165) is 24.4 Å². The Kier molecular flexibility index (Phi) is 5.59. The number of hydrogen-bond donors (Lipinski definition) is 2. The van der Waals surface area contributed by atoms with Gasteiger partial charge in [-0.05, 0) is 50.6 Å². The second kappa shape index (κ2) is 7.43. The van der Waals surface area contributed by atoms with E-state index in [1.54, 1.807) is 7.11 Å². The molecule has 1 aromatic rings. The third-order valence-corrected chi connectivity index (χ3v) is 3.91. The predicted octanol–water partition coefficient (Wildman–Crippen LogP) is 1.33. The Balaban J connectivity index is 2.12. The molecule has 2 unspecified atom stereocenters. The minimum Gasteiger partial charge on any atom is -0.497 e. The Bertz CT molecular complexity index is 470. The third kappa shape index (κ3) is 4.19. The van der Waals surface area contributed by atoms with Crippen LogP contribution in [-0.4, -0.2) is 48.8 Å². The summed E-state index contributed by atoms with van der Waals surface area (Å²) in [5.41, 5.74) is 1.13. The highest BCUT2D eigenvalue weighted by Crippen LogP contribution is 2.27. The number of hydrogen-bond acceptors (Lipinski definition) is 4. The fraction of sp³-hybridized carbons (Fsp3) is 0.562. The molecule has 1 aliphatic rings. The number of nitrogens with zero attached hydrogens (tertiary/aromatic N) is 1. The SMILES string of the molecule is COc1cccc(C(CNC(=O)C(C)O)N2CCCC2)c1. The minimum atomic E-state index is -0.977. The molecule has 2 atom stereocenters. The number of amides is 1. The average molecular weight is 292 g/mol. The summed E-state index contributed by atoms with van der Waals surface area (Å²) in [6.07, 6.45) is 1.39. The molecular weight excluding hydrogens is 268 g/mol. The van der Waals surface area contributed by atoms with Crippen LogP contribution in [-0.2, 0) is 4.79 Å². The summed E-state index contributed by atoms with van der Waals surface area (Å²) in [5, 5.41) is 12.1. The maximum absolute atomic E-state index is 11.6. The lowest BCUT2D eigenvalue weighted by Crippen LogP contribution is -2.40. The van der Waals surface area contributed by atoms with Crippen molar-refractivity contribution in [3.63, 3.8) is 0 Å². The molecule has 0 bridgehead atoms. The quantitative estimate of drug-likeness (QED) is 0.830. The average Bonchev–Trinajstić information content (AvgIpc) is 3.01. The number of rotatable bonds is 6. The van der Waals surface area contributed by atoms with E-state index in [4.69, 9.17) is 4.74 Å². The fourth-order valence-corrected chi connectivity index (χ4v) is 2.70. The first-order valence-electron chi connectivity index (χ1n) is 7.45. The van der Waals surface area contributed by atoms with Crippen LogP contribution in [0.5, 0.6) is 5.75 Å². The number of aliphatic hydroxyl groups is 1. The van der Waals surface area contributed by atoms with Gasteiger partial charge in [0.25, 0.3) is 0 Å². The van der Waals surface area contributed by atoms with Crippen LogP contribution in [0.2, 0.25) is 0 Å². The molecule has 1 saturated heterocycles. The number of methoxy groups -OCH3 is 1. The Hall–Kier alpha value is -1.59. The van der Waals surface area contributed by atoms with E-state index in [9.17, 15) is 9.90 Å². The van der Waals surface area contributed by atoms with E-state index in [1.807, 2.05) is 18.2 Å². The molecule has 1 aromatic carbocycles. The lowest BCUT2D eigenvalue weighted by molar-refractivity contribution is -0.128. The standard InChI is InChI=1S/C16H24N2O3/c1-12(19)16(20)17-11-15(18-8-3-4-9-18)13-6-5-7-14(10-13)21-2/h5-7,10,12,15,19H,3-4,8-9,11H2,1-2H3,(H,17,20). The highest BCUT2D eigenvalue weighted by molar-refractivity contribution is 5.80. The molecule has 21 heavy (non-hydrogen) atoms. The molecular formula is C16H24N2O3. The Morgan fingerprint density at radius 2 is 2.14 bits per heavy atom. The van der Waals surface area contributed by atoms with Crippen molar-refractivity contribution in [3.8, 4) is 5.75 Å². The summed E-state index contributed by atoms with van der Waals surface area (Å²) in [5.74, 6) is 0.487. The zero-order valence-corrected chi connectivity index (χ0v) is 12.7. The second-order valence-corrected chi connectivity index (χ2v) is 5.46. The van der Waals surface area contributed by atoms with E-state index in [1.165, 1.54) is 19.8 Å². The maximum atomic E-state index is 11.6. The molecule has 0 saturated carbocycles. The lowest BCUT2D eigenvalue weighted by atomic mass is 10.0. The van der Waals surface area contributed by atoms with Gasteiger partial charge in [0.05, 0.1) is 13.2 Å². The number of benzene rings is 1. The molecule has 0 radical (unpaired) electrons. The molecule has 2 rings (SSSR count). The third-order valence-electron chi connectivity index (χ3n) is 3.91. The minimum absolute atomic E-state index is 0.116.